The van der Waals surface area contributed by atoms with Crippen molar-refractivity contribution in [1.82, 2.24) is 14.9 Å². The van der Waals surface area contributed by atoms with Crippen molar-refractivity contribution < 1.29 is 9.59 Å². The lowest BCUT2D eigenvalue weighted by Crippen LogP contribution is -2.35. The predicted molar refractivity (Wildman–Crippen MR) is 127 cm³/mol. The number of amides is 2. The van der Waals surface area contributed by atoms with Gasteiger partial charge < -0.3 is 10.2 Å². The number of likely N-dealkylation sites (N-methyl/N-ethyl adjacent to an activating group) is 1. The van der Waals surface area contributed by atoms with E-state index in [0.717, 1.165) is 0 Å². The van der Waals surface area contributed by atoms with E-state index in [2.05, 4.69) is 15.3 Å². The molecule has 160 valence electrons. The zero-order valence-corrected chi connectivity index (χ0v) is 18.6. The van der Waals surface area contributed by atoms with Crippen LogP contribution in [-0.4, -0.2) is 40.3 Å². The van der Waals surface area contributed by atoms with E-state index in [0.29, 0.717) is 43.6 Å². The maximum absolute atomic E-state index is 13.3. The number of rotatable bonds is 5. The summed E-state index contributed by atoms with van der Waals surface area (Å²) >= 11 is 11.9. The molecule has 2 amide bonds. The van der Waals surface area contributed by atoms with Crippen LogP contribution in [-0.2, 0) is 4.79 Å². The summed E-state index contributed by atoms with van der Waals surface area (Å²) in [5.74, 6) is -0.660. The summed E-state index contributed by atoms with van der Waals surface area (Å²) in [4.78, 5) is 36.1. The van der Waals surface area contributed by atoms with E-state index in [1.54, 1.807) is 37.5 Å². The van der Waals surface area contributed by atoms with Gasteiger partial charge in [-0.05, 0) is 42.5 Å². The van der Waals surface area contributed by atoms with E-state index in [4.69, 9.17) is 23.2 Å². The van der Waals surface area contributed by atoms with Crippen LogP contribution in [0.1, 0.15) is 10.4 Å². The molecule has 8 heteroatoms. The van der Waals surface area contributed by atoms with Gasteiger partial charge in [-0.25, -0.2) is 4.98 Å². The number of nitrogens with one attached hydrogen (secondary N) is 1. The maximum atomic E-state index is 13.3. The summed E-state index contributed by atoms with van der Waals surface area (Å²) in [5.41, 5.74) is 2.86. The third kappa shape index (κ3) is 4.72. The van der Waals surface area contributed by atoms with Crippen molar-refractivity contribution in [1.29, 1.82) is 0 Å². The van der Waals surface area contributed by atoms with Gasteiger partial charge in [0.25, 0.3) is 5.91 Å². The molecular weight excluding hydrogens is 447 g/mol. The molecule has 1 N–H and O–H groups in total. The van der Waals surface area contributed by atoms with Crippen molar-refractivity contribution in [2.75, 3.05) is 18.9 Å². The van der Waals surface area contributed by atoms with Crippen LogP contribution in [0.15, 0.2) is 72.9 Å². The molecule has 4 rings (SSSR count). The van der Waals surface area contributed by atoms with Crippen LogP contribution in [0.25, 0.3) is 22.3 Å². The van der Waals surface area contributed by atoms with Crippen LogP contribution in [0.5, 0.6) is 0 Å². The van der Waals surface area contributed by atoms with E-state index >= 15 is 0 Å². The Bertz CT molecular complexity index is 1310. The number of hydrogen-bond donors (Lipinski definition) is 1. The van der Waals surface area contributed by atoms with Gasteiger partial charge in [0.2, 0.25) is 5.91 Å². The highest BCUT2D eigenvalue weighted by Crippen LogP contribution is 2.26. The van der Waals surface area contributed by atoms with Gasteiger partial charge >= 0.3 is 0 Å². The van der Waals surface area contributed by atoms with Crippen LogP contribution in [0.4, 0.5) is 5.69 Å². The Morgan fingerprint density at radius 2 is 1.72 bits per heavy atom. The number of pyridine rings is 2. The fourth-order valence-corrected chi connectivity index (χ4v) is 3.56. The summed E-state index contributed by atoms with van der Waals surface area (Å²) < 4.78 is 0. The zero-order chi connectivity index (χ0) is 22.7. The molecule has 2 heterocycles. The highest BCUT2D eigenvalue weighted by molar-refractivity contribution is 6.42. The number of fused-ring (bicyclic) bond motifs is 1. The Hall–Kier alpha value is -3.48. The molecule has 0 unspecified atom stereocenters. The molecule has 4 aromatic rings. The summed E-state index contributed by atoms with van der Waals surface area (Å²) in [5, 5.41) is 4.15. The zero-order valence-electron chi connectivity index (χ0n) is 17.0. The number of hydrogen-bond acceptors (Lipinski definition) is 4. The number of benzene rings is 2. The molecule has 0 aliphatic carbocycles. The first-order valence-corrected chi connectivity index (χ1v) is 10.5. The Kier molecular flexibility index (Phi) is 6.35. The van der Waals surface area contributed by atoms with Crippen molar-refractivity contribution in [3.8, 4) is 11.4 Å². The standard InChI is InChI=1S/C24H18Cl2N4O2/c1-30(14-23(31)28-15-9-10-18(25)19(26)12-15)24(32)17-13-22(21-8-4-5-11-27-21)29-20-7-3-2-6-16(17)20/h2-13H,14H2,1H3,(H,28,31). The number of anilines is 1. The van der Waals surface area contributed by atoms with Crippen molar-refractivity contribution in [2.24, 2.45) is 0 Å². The molecule has 0 fully saturated rings. The van der Waals surface area contributed by atoms with Gasteiger partial charge in [-0.1, -0.05) is 47.5 Å². The smallest absolute Gasteiger partial charge is 0.254 e. The summed E-state index contributed by atoms with van der Waals surface area (Å²) in [6.45, 7) is -0.144. The predicted octanol–water partition coefficient (Wildman–Crippen LogP) is 5.31. The molecule has 0 saturated carbocycles. The molecule has 0 saturated heterocycles. The number of carbonyl (C=O) groups excluding carboxylic acids is 2. The molecule has 0 aliphatic heterocycles. The minimum atomic E-state index is -0.359. The van der Waals surface area contributed by atoms with Gasteiger partial charge in [0, 0.05) is 24.3 Å². The average Bonchev–Trinajstić information content (AvgIpc) is 2.80. The van der Waals surface area contributed by atoms with E-state index in [1.807, 2.05) is 42.5 Å². The van der Waals surface area contributed by atoms with Crippen LogP contribution >= 0.6 is 23.2 Å². The Morgan fingerprint density at radius 3 is 2.47 bits per heavy atom. The van der Waals surface area contributed by atoms with E-state index in [-0.39, 0.29) is 18.4 Å². The van der Waals surface area contributed by atoms with Crippen molar-refractivity contribution >= 4 is 51.6 Å². The largest absolute Gasteiger partial charge is 0.332 e. The fourth-order valence-electron chi connectivity index (χ4n) is 3.27. The highest BCUT2D eigenvalue weighted by atomic mass is 35.5. The maximum Gasteiger partial charge on any atom is 0.254 e. The average molecular weight is 465 g/mol. The van der Waals surface area contributed by atoms with Gasteiger partial charge in [0.1, 0.15) is 0 Å². The highest BCUT2D eigenvalue weighted by Gasteiger charge is 2.20. The lowest BCUT2D eigenvalue weighted by molar-refractivity contribution is -0.116. The number of halogens is 2. The lowest BCUT2D eigenvalue weighted by atomic mass is 10.0. The molecule has 2 aromatic carbocycles. The SMILES string of the molecule is CN(CC(=O)Nc1ccc(Cl)c(Cl)c1)C(=O)c1cc(-c2ccccn2)nc2ccccc12. The van der Waals surface area contributed by atoms with E-state index in [9.17, 15) is 9.59 Å². The van der Waals surface area contributed by atoms with Crippen LogP contribution in [0.3, 0.4) is 0 Å². The number of nitrogens with zero attached hydrogens (tertiary/aromatic N) is 3. The second kappa shape index (κ2) is 9.34. The minimum Gasteiger partial charge on any atom is -0.332 e. The number of aromatic nitrogens is 2. The number of carbonyl (C=O) groups is 2. The molecule has 0 spiro atoms. The van der Waals surface area contributed by atoms with E-state index in [1.165, 1.54) is 4.90 Å². The Morgan fingerprint density at radius 1 is 0.938 bits per heavy atom. The van der Waals surface area contributed by atoms with Crippen molar-refractivity contribution in [3.05, 3.63) is 88.5 Å². The molecule has 0 radical (unpaired) electrons. The third-order valence-corrected chi connectivity index (χ3v) is 5.54. The second-order valence-electron chi connectivity index (χ2n) is 7.13. The second-order valence-corrected chi connectivity index (χ2v) is 7.94. The fraction of sp³-hybridized carbons (Fsp3) is 0.0833. The van der Waals surface area contributed by atoms with Gasteiger partial charge in [0.15, 0.2) is 0 Å². The van der Waals surface area contributed by atoms with Gasteiger partial charge in [-0.15, -0.1) is 0 Å². The monoisotopic (exact) mass is 464 g/mol. The normalized spacial score (nSPS) is 10.7. The first-order chi connectivity index (χ1) is 15.4. The molecular formula is C24H18Cl2N4O2. The molecule has 0 bridgehead atoms. The van der Waals surface area contributed by atoms with E-state index < -0.39 is 0 Å². The van der Waals surface area contributed by atoms with Crippen molar-refractivity contribution in [2.45, 2.75) is 0 Å². The number of para-hydroxylation sites is 1. The first kappa shape index (κ1) is 21.7. The quantitative estimate of drug-likeness (QED) is 0.433. The van der Waals surface area contributed by atoms with Gasteiger partial charge in [0.05, 0.1) is 39.1 Å². The van der Waals surface area contributed by atoms with Crippen LogP contribution < -0.4 is 5.32 Å². The topological polar surface area (TPSA) is 75.2 Å². The third-order valence-electron chi connectivity index (χ3n) is 4.80. The summed E-state index contributed by atoms with van der Waals surface area (Å²) in [7, 11) is 1.58. The molecule has 32 heavy (non-hydrogen) atoms. The summed E-state index contributed by atoms with van der Waals surface area (Å²) in [6.07, 6.45) is 1.67. The van der Waals surface area contributed by atoms with Gasteiger partial charge in [-0.2, -0.15) is 0 Å². The lowest BCUT2D eigenvalue weighted by Gasteiger charge is -2.18. The molecule has 6 nitrogen and oxygen atoms in total. The summed E-state index contributed by atoms with van der Waals surface area (Å²) in [6, 6.07) is 19.4. The Labute approximate surface area is 194 Å². The minimum absolute atomic E-state index is 0.144. The molecule has 0 aliphatic rings. The Balaban J connectivity index is 1.59. The van der Waals surface area contributed by atoms with Crippen LogP contribution in [0, 0.1) is 0 Å². The molecule has 0 atom stereocenters. The van der Waals surface area contributed by atoms with Crippen molar-refractivity contribution in [3.63, 3.8) is 0 Å². The first-order valence-electron chi connectivity index (χ1n) is 9.74. The van der Waals surface area contributed by atoms with Crippen LogP contribution in [0.2, 0.25) is 10.0 Å². The van der Waals surface area contributed by atoms with Gasteiger partial charge in [-0.3, -0.25) is 14.6 Å². The molecule has 2 aromatic heterocycles.